The molecule has 2 heterocycles. The molecule has 3 rings (SSSR count). The first-order chi connectivity index (χ1) is 13.1. The predicted octanol–water partition coefficient (Wildman–Crippen LogP) is 1.59. The molecule has 0 saturated carbocycles. The third-order valence-electron chi connectivity index (χ3n) is 4.54. The van der Waals surface area contributed by atoms with Crippen molar-refractivity contribution in [1.82, 2.24) is 9.97 Å². The summed E-state index contributed by atoms with van der Waals surface area (Å²) in [6.45, 7) is 1.44. The molecule has 1 aromatic heterocycles. The zero-order chi connectivity index (χ0) is 19.2. The van der Waals surface area contributed by atoms with Gasteiger partial charge in [-0.15, -0.1) is 0 Å². The van der Waals surface area contributed by atoms with Crippen LogP contribution in [0.2, 0.25) is 0 Å². The Morgan fingerprint density at radius 2 is 2.26 bits per heavy atom. The largest absolute Gasteiger partial charge is 0.494 e. The molecule has 0 amide bonds. The van der Waals surface area contributed by atoms with Crippen LogP contribution in [0.3, 0.4) is 0 Å². The van der Waals surface area contributed by atoms with Gasteiger partial charge in [0.2, 0.25) is 0 Å². The van der Waals surface area contributed by atoms with Gasteiger partial charge in [-0.1, -0.05) is 6.07 Å². The predicted molar refractivity (Wildman–Crippen MR) is 100 cm³/mol. The molecule has 0 radical (unpaired) electrons. The first-order valence-electron chi connectivity index (χ1n) is 8.77. The van der Waals surface area contributed by atoms with Gasteiger partial charge < -0.3 is 24.4 Å². The van der Waals surface area contributed by atoms with E-state index < -0.39 is 21.2 Å². The van der Waals surface area contributed by atoms with Crippen LogP contribution in [0.5, 0.6) is 5.75 Å². The molecule has 27 heavy (non-hydrogen) atoms. The number of rotatable bonds is 8. The lowest BCUT2D eigenvalue weighted by Crippen LogP contribution is -2.38. The average molecular weight is 397 g/mol. The minimum absolute atomic E-state index is 0.188. The van der Waals surface area contributed by atoms with Crippen LogP contribution < -0.4 is 9.64 Å². The first kappa shape index (κ1) is 20.0. The fourth-order valence-corrected chi connectivity index (χ4v) is 3.70. The molecule has 0 bridgehead atoms. The van der Waals surface area contributed by atoms with Crippen molar-refractivity contribution < 1.29 is 28.6 Å². The van der Waals surface area contributed by atoms with Crippen LogP contribution in [-0.2, 0) is 13.8 Å². The third-order valence-corrected chi connectivity index (χ3v) is 5.01. The highest BCUT2D eigenvalue weighted by molar-refractivity contribution is 7.32. The number of aromatic nitrogens is 2. The Kier molecular flexibility index (Phi) is 6.98. The Morgan fingerprint density at radius 1 is 1.41 bits per heavy atom. The van der Waals surface area contributed by atoms with Crippen molar-refractivity contribution in [2.75, 3.05) is 38.3 Å². The minimum Gasteiger partial charge on any atom is -0.494 e. The summed E-state index contributed by atoms with van der Waals surface area (Å²) in [6, 6.07) is 5.76. The van der Waals surface area contributed by atoms with Crippen molar-refractivity contribution in [3.63, 3.8) is 0 Å². The zero-order valence-corrected chi connectivity index (χ0v) is 16.1. The molecule has 2 N–H and O–H groups in total. The van der Waals surface area contributed by atoms with Crippen molar-refractivity contribution in [3.8, 4) is 5.75 Å². The summed E-state index contributed by atoms with van der Waals surface area (Å²) >= 11 is 0. The van der Waals surface area contributed by atoms with E-state index in [4.69, 9.17) is 14.4 Å². The number of hydrogen-bond acceptors (Lipinski definition) is 8. The molecule has 1 aliphatic rings. The molecule has 1 saturated heterocycles. The number of hydrogen-bond donors (Lipinski definition) is 2. The SMILES string of the molecule is COc1cccc2c(N3CCCC(COC(CO)O[PH](=O)O)C3)ncnc12. The summed E-state index contributed by atoms with van der Waals surface area (Å²) in [5, 5.41) is 10.1. The minimum atomic E-state index is -3.16. The second-order valence-electron chi connectivity index (χ2n) is 6.34. The maximum atomic E-state index is 10.8. The van der Waals surface area contributed by atoms with E-state index in [9.17, 15) is 9.67 Å². The zero-order valence-electron chi connectivity index (χ0n) is 15.1. The van der Waals surface area contributed by atoms with Crippen LogP contribution in [-0.4, -0.2) is 59.7 Å². The quantitative estimate of drug-likeness (QED) is 0.506. The number of methoxy groups -OCH3 is 1. The van der Waals surface area contributed by atoms with E-state index in [1.807, 2.05) is 18.2 Å². The third kappa shape index (κ3) is 4.94. The van der Waals surface area contributed by atoms with E-state index in [1.165, 1.54) is 6.33 Å². The number of ether oxygens (including phenoxy) is 2. The molecule has 1 aromatic carbocycles. The highest BCUT2D eigenvalue weighted by Crippen LogP contribution is 2.31. The van der Waals surface area contributed by atoms with Gasteiger partial charge >= 0.3 is 8.25 Å². The van der Waals surface area contributed by atoms with Gasteiger partial charge in [0.05, 0.1) is 20.3 Å². The lowest BCUT2D eigenvalue weighted by Gasteiger charge is -2.34. The van der Waals surface area contributed by atoms with Crippen molar-refractivity contribution >= 4 is 25.0 Å². The molecule has 3 unspecified atom stereocenters. The van der Waals surface area contributed by atoms with Crippen LogP contribution in [0, 0.1) is 5.92 Å². The van der Waals surface area contributed by atoms with E-state index in [0.29, 0.717) is 12.4 Å². The molecule has 0 spiro atoms. The van der Waals surface area contributed by atoms with E-state index in [0.717, 1.165) is 42.7 Å². The maximum absolute atomic E-state index is 10.8. The van der Waals surface area contributed by atoms with Gasteiger partial charge in [0.1, 0.15) is 23.4 Å². The molecule has 1 aliphatic heterocycles. The Balaban J connectivity index is 1.71. The van der Waals surface area contributed by atoms with E-state index >= 15 is 0 Å². The van der Waals surface area contributed by atoms with Gasteiger partial charge in [0.15, 0.2) is 6.29 Å². The van der Waals surface area contributed by atoms with Crippen molar-refractivity contribution in [2.24, 2.45) is 5.92 Å². The molecular formula is C17H24N3O6P. The summed E-state index contributed by atoms with van der Waals surface area (Å²) in [7, 11) is -1.54. The van der Waals surface area contributed by atoms with Crippen molar-refractivity contribution in [3.05, 3.63) is 24.5 Å². The van der Waals surface area contributed by atoms with Crippen LogP contribution in [0.25, 0.3) is 10.9 Å². The number of benzene rings is 1. The first-order valence-corrected chi connectivity index (χ1v) is 10.0. The second-order valence-corrected chi connectivity index (χ2v) is 7.10. The van der Waals surface area contributed by atoms with Crippen LogP contribution in [0.1, 0.15) is 12.8 Å². The topological polar surface area (TPSA) is 114 Å². The number of anilines is 1. The summed E-state index contributed by atoms with van der Waals surface area (Å²) in [5.74, 6) is 1.74. The fraction of sp³-hybridized carbons (Fsp3) is 0.529. The highest BCUT2D eigenvalue weighted by atomic mass is 31.1. The molecule has 1 fully saturated rings. The maximum Gasteiger partial charge on any atom is 0.318 e. The Bertz CT molecular complexity index is 792. The van der Waals surface area contributed by atoms with Crippen LogP contribution in [0.4, 0.5) is 5.82 Å². The highest BCUT2D eigenvalue weighted by Gasteiger charge is 2.24. The molecule has 148 valence electrons. The standard InChI is InChI=1S/C17H24N3O6P/c1-24-14-6-2-5-13-16(14)18-11-19-17(13)20-7-3-4-12(8-20)10-25-15(9-21)26-27(22)23/h2,5-6,11-12,15,21,27H,3-4,7-10H2,1H3,(H,22,23). The molecule has 2 aromatic rings. The summed E-state index contributed by atoms with van der Waals surface area (Å²) < 4.78 is 26.3. The lowest BCUT2D eigenvalue weighted by atomic mass is 9.98. The number of nitrogens with zero attached hydrogens (tertiary/aromatic N) is 3. The Labute approximate surface area is 157 Å². The number of aliphatic hydroxyl groups is 1. The van der Waals surface area contributed by atoms with Crippen LogP contribution >= 0.6 is 8.25 Å². The Morgan fingerprint density at radius 3 is 3.00 bits per heavy atom. The molecule has 9 nitrogen and oxygen atoms in total. The van der Waals surface area contributed by atoms with E-state index in [2.05, 4.69) is 19.4 Å². The van der Waals surface area contributed by atoms with Crippen LogP contribution in [0.15, 0.2) is 24.5 Å². The van der Waals surface area contributed by atoms with Gasteiger partial charge in [0, 0.05) is 24.4 Å². The summed E-state index contributed by atoms with van der Waals surface area (Å²) in [6.07, 6.45) is 2.37. The normalized spacial score (nSPS) is 19.8. The smallest absolute Gasteiger partial charge is 0.318 e. The summed E-state index contributed by atoms with van der Waals surface area (Å²) in [4.78, 5) is 19.8. The number of para-hydroxylation sites is 1. The number of fused-ring (bicyclic) bond motifs is 1. The van der Waals surface area contributed by atoms with Crippen molar-refractivity contribution in [2.45, 2.75) is 19.1 Å². The van der Waals surface area contributed by atoms with Gasteiger partial charge in [-0.3, -0.25) is 9.09 Å². The number of piperidine rings is 1. The van der Waals surface area contributed by atoms with E-state index in [-0.39, 0.29) is 5.92 Å². The van der Waals surface area contributed by atoms with Gasteiger partial charge in [-0.2, -0.15) is 0 Å². The van der Waals surface area contributed by atoms with Gasteiger partial charge in [-0.05, 0) is 25.0 Å². The fourth-order valence-electron chi connectivity index (χ4n) is 3.34. The second kappa shape index (κ2) is 9.43. The summed E-state index contributed by atoms with van der Waals surface area (Å²) in [5.41, 5.74) is 0.769. The lowest BCUT2D eigenvalue weighted by molar-refractivity contribution is -0.117. The molecule has 3 atom stereocenters. The molecule has 10 heteroatoms. The van der Waals surface area contributed by atoms with Crippen molar-refractivity contribution in [1.29, 1.82) is 0 Å². The molecule has 0 aliphatic carbocycles. The average Bonchev–Trinajstić information content (AvgIpc) is 2.70. The Hall–Kier alpha value is -1.77. The number of aliphatic hydroxyl groups excluding tert-OH is 1. The van der Waals surface area contributed by atoms with Gasteiger partial charge in [-0.25, -0.2) is 9.97 Å². The molecular weight excluding hydrogens is 373 g/mol. The van der Waals surface area contributed by atoms with E-state index in [1.54, 1.807) is 7.11 Å². The monoisotopic (exact) mass is 397 g/mol. The van der Waals surface area contributed by atoms with Gasteiger partial charge in [0.25, 0.3) is 0 Å².